The topological polar surface area (TPSA) is 78.0 Å². The molecule has 0 aliphatic rings. The maximum atomic E-state index is 13.2. The molecule has 0 spiro atoms. The first-order valence-corrected chi connectivity index (χ1v) is 9.45. The summed E-state index contributed by atoms with van der Waals surface area (Å²) in [5.74, 6) is 0.429. The molecule has 0 bridgehead atoms. The van der Waals surface area contributed by atoms with E-state index in [4.69, 9.17) is 4.74 Å². The standard InChI is InChI=1S/C20H34FN5O2.HI/c1-20(2,3)28-19(27)24-13-7-12-23-18(22-4)25-14-17(26(5)6)15-8-10-16(21)11-9-15;/h8-11,17H,7,12-14H2,1-6H3,(H,24,27)(H2,22,23,25);1H. The SMILES string of the molecule is CN=C(NCCCNC(=O)OC(C)(C)C)NCC(c1ccc(F)cc1)N(C)C.I. The van der Waals surface area contributed by atoms with Gasteiger partial charge in [-0.05, 0) is 59.0 Å². The number of ether oxygens (including phenoxy) is 1. The third-order valence-electron chi connectivity index (χ3n) is 3.88. The lowest BCUT2D eigenvalue weighted by Gasteiger charge is -2.26. The average Bonchev–Trinajstić information content (AvgIpc) is 2.59. The van der Waals surface area contributed by atoms with Crippen molar-refractivity contribution in [2.45, 2.75) is 38.8 Å². The number of nitrogens with zero attached hydrogens (tertiary/aromatic N) is 2. The molecule has 3 N–H and O–H groups in total. The first-order valence-electron chi connectivity index (χ1n) is 9.45. The molecule has 0 aliphatic heterocycles. The van der Waals surface area contributed by atoms with E-state index >= 15 is 0 Å². The number of guanidine groups is 1. The van der Waals surface area contributed by atoms with Gasteiger partial charge in [0, 0.05) is 26.7 Å². The first-order chi connectivity index (χ1) is 13.1. The molecule has 1 rings (SSSR count). The summed E-state index contributed by atoms with van der Waals surface area (Å²) in [5, 5.41) is 9.22. The van der Waals surface area contributed by atoms with E-state index in [1.54, 1.807) is 19.2 Å². The van der Waals surface area contributed by atoms with Gasteiger partial charge in [0.2, 0.25) is 0 Å². The van der Waals surface area contributed by atoms with Crippen LogP contribution in [0.5, 0.6) is 0 Å². The van der Waals surface area contributed by atoms with Gasteiger partial charge < -0.3 is 25.6 Å². The Morgan fingerprint density at radius 3 is 2.24 bits per heavy atom. The van der Waals surface area contributed by atoms with E-state index in [1.165, 1.54) is 12.1 Å². The highest BCUT2D eigenvalue weighted by Gasteiger charge is 2.16. The zero-order valence-electron chi connectivity index (χ0n) is 18.2. The van der Waals surface area contributed by atoms with Gasteiger partial charge in [0.05, 0.1) is 6.04 Å². The van der Waals surface area contributed by atoms with Crippen LogP contribution in [-0.2, 0) is 4.74 Å². The molecular weight excluding hydrogens is 488 g/mol. The minimum Gasteiger partial charge on any atom is -0.444 e. The van der Waals surface area contributed by atoms with Gasteiger partial charge in [0.25, 0.3) is 0 Å². The van der Waals surface area contributed by atoms with Crippen LogP contribution in [0.3, 0.4) is 0 Å². The second-order valence-corrected chi connectivity index (χ2v) is 7.69. The van der Waals surface area contributed by atoms with E-state index in [1.807, 2.05) is 34.9 Å². The minimum atomic E-state index is -0.498. The Kier molecular flexibility index (Phi) is 12.8. The summed E-state index contributed by atoms with van der Waals surface area (Å²) in [5.41, 5.74) is 0.526. The molecule has 1 aromatic rings. The zero-order chi connectivity index (χ0) is 21.2. The van der Waals surface area contributed by atoms with Gasteiger partial charge in [0.1, 0.15) is 11.4 Å². The molecule has 0 radical (unpaired) electrons. The van der Waals surface area contributed by atoms with Crippen molar-refractivity contribution >= 4 is 36.0 Å². The fourth-order valence-electron chi connectivity index (χ4n) is 2.50. The van der Waals surface area contributed by atoms with Crippen LogP contribution in [0.4, 0.5) is 9.18 Å². The van der Waals surface area contributed by atoms with Crippen molar-refractivity contribution in [1.82, 2.24) is 20.9 Å². The molecular formula is C20H35FIN5O2. The van der Waals surface area contributed by atoms with E-state index in [0.29, 0.717) is 25.6 Å². The maximum Gasteiger partial charge on any atom is 0.407 e. The Morgan fingerprint density at radius 2 is 1.72 bits per heavy atom. The van der Waals surface area contributed by atoms with Crippen molar-refractivity contribution in [3.8, 4) is 0 Å². The van der Waals surface area contributed by atoms with Crippen LogP contribution in [0.2, 0.25) is 0 Å². The number of alkyl carbamates (subject to hydrolysis) is 1. The summed E-state index contributed by atoms with van der Waals surface area (Å²) in [7, 11) is 5.67. The summed E-state index contributed by atoms with van der Waals surface area (Å²) < 4.78 is 18.3. The highest BCUT2D eigenvalue weighted by molar-refractivity contribution is 14.0. The molecule has 0 heterocycles. The third kappa shape index (κ3) is 11.8. The maximum absolute atomic E-state index is 13.2. The number of hydrogen-bond acceptors (Lipinski definition) is 4. The molecule has 0 aliphatic carbocycles. The summed E-state index contributed by atoms with van der Waals surface area (Å²) in [6, 6.07) is 6.60. The number of hydrogen-bond donors (Lipinski definition) is 3. The summed E-state index contributed by atoms with van der Waals surface area (Å²) >= 11 is 0. The lowest BCUT2D eigenvalue weighted by atomic mass is 10.1. The molecule has 1 aromatic carbocycles. The highest BCUT2D eigenvalue weighted by atomic mass is 127. The van der Waals surface area contributed by atoms with Crippen molar-refractivity contribution in [3.63, 3.8) is 0 Å². The molecule has 166 valence electrons. The quantitative estimate of drug-likeness (QED) is 0.211. The van der Waals surface area contributed by atoms with Crippen LogP contribution in [0.1, 0.15) is 38.8 Å². The van der Waals surface area contributed by atoms with E-state index in [-0.39, 0.29) is 35.8 Å². The van der Waals surface area contributed by atoms with Crippen LogP contribution >= 0.6 is 24.0 Å². The van der Waals surface area contributed by atoms with E-state index in [2.05, 4.69) is 25.8 Å². The van der Waals surface area contributed by atoms with Crippen LogP contribution in [0.25, 0.3) is 0 Å². The van der Waals surface area contributed by atoms with Gasteiger partial charge in [-0.15, -0.1) is 24.0 Å². The van der Waals surface area contributed by atoms with Gasteiger partial charge in [-0.25, -0.2) is 9.18 Å². The fourth-order valence-corrected chi connectivity index (χ4v) is 2.50. The summed E-state index contributed by atoms with van der Waals surface area (Å²) in [6.45, 7) is 7.27. The van der Waals surface area contributed by atoms with Crippen molar-refractivity contribution in [1.29, 1.82) is 0 Å². The summed E-state index contributed by atoms with van der Waals surface area (Å²) in [4.78, 5) is 17.9. The van der Waals surface area contributed by atoms with Gasteiger partial charge in [-0.2, -0.15) is 0 Å². The lowest BCUT2D eigenvalue weighted by Crippen LogP contribution is -2.42. The Labute approximate surface area is 190 Å². The minimum absolute atomic E-state index is 0. The van der Waals surface area contributed by atoms with Gasteiger partial charge in [-0.3, -0.25) is 4.99 Å². The fraction of sp³-hybridized carbons (Fsp3) is 0.600. The van der Waals surface area contributed by atoms with E-state index in [0.717, 1.165) is 12.0 Å². The summed E-state index contributed by atoms with van der Waals surface area (Å²) in [6.07, 6.45) is 0.317. The molecule has 1 atom stereocenters. The van der Waals surface area contributed by atoms with Crippen molar-refractivity contribution in [2.24, 2.45) is 4.99 Å². The number of likely N-dealkylation sites (N-methyl/N-ethyl adjacent to an activating group) is 1. The number of carbonyl (C=O) groups excluding carboxylic acids is 1. The second kappa shape index (κ2) is 13.6. The molecule has 0 fully saturated rings. The molecule has 9 heteroatoms. The van der Waals surface area contributed by atoms with Crippen LogP contribution in [0.15, 0.2) is 29.3 Å². The Bertz CT molecular complexity index is 633. The first kappa shape index (κ1) is 27.4. The van der Waals surface area contributed by atoms with Crippen molar-refractivity contribution in [2.75, 3.05) is 40.8 Å². The molecule has 0 saturated heterocycles. The number of amides is 1. The van der Waals surface area contributed by atoms with Crippen molar-refractivity contribution < 1.29 is 13.9 Å². The largest absolute Gasteiger partial charge is 0.444 e. The molecule has 1 amide bonds. The Balaban J connectivity index is 0.00000784. The molecule has 0 saturated carbocycles. The Morgan fingerprint density at radius 1 is 1.14 bits per heavy atom. The predicted molar refractivity (Wildman–Crippen MR) is 126 cm³/mol. The van der Waals surface area contributed by atoms with Crippen LogP contribution < -0.4 is 16.0 Å². The predicted octanol–water partition coefficient (Wildman–Crippen LogP) is 3.13. The van der Waals surface area contributed by atoms with Gasteiger partial charge in [-0.1, -0.05) is 12.1 Å². The average molecular weight is 523 g/mol. The molecule has 1 unspecified atom stereocenters. The lowest BCUT2D eigenvalue weighted by molar-refractivity contribution is 0.0527. The van der Waals surface area contributed by atoms with Gasteiger partial charge >= 0.3 is 6.09 Å². The number of nitrogens with one attached hydrogen (secondary N) is 3. The number of rotatable bonds is 8. The van der Waals surface area contributed by atoms with E-state index in [9.17, 15) is 9.18 Å². The third-order valence-corrected chi connectivity index (χ3v) is 3.88. The second-order valence-electron chi connectivity index (χ2n) is 7.69. The normalized spacial score (nSPS) is 12.8. The zero-order valence-corrected chi connectivity index (χ0v) is 20.5. The van der Waals surface area contributed by atoms with Crippen molar-refractivity contribution in [3.05, 3.63) is 35.6 Å². The highest BCUT2D eigenvalue weighted by Crippen LogP contribution is 2.17. The van der Waals surface area contributed by atoms with E-state index < -0.39 is 11.7 Å². The molecule has 7 nitrogen and oxygen atoms in total. The van der Waals surface area contributed by atoms with Gasteiger partial charge in [0.15, 0.2) is 5.96 Å². The number of halogens is 2. The smallest absolute Gasteiger partial charge is 0.407 e. The van der Waals surface area contributed by atoms with Crippen LogP contribution in [-0.4, -0.2) is 63.3 Å². The van der Waals surface area contributed by atoms with Crippen LogP contribution in [0, 0.1) is 5.82 Å². The Hall–Kier alpha value is -1.62. The number of carbonyl (C=O) groups is 1. The molecule has 29 heavy (non-hydrogen) atoms. The number of aliphatic imine (C=N–C) groups is 1. The number of benzene rings is 1. The monoisotopic (exact) mass is 523 g/mol. The molecule has 0 aromatic heterocycles.